The van der Waals surface area contributed by atoms with E-state index in [0.29, 0.717) is 51.3 Å². The zero-order chi connectivity index (χ0) is 20.8. The predicted molar refractivity (Wildman–Crippen MR) is 114 cm³/mol. The van der Waals surface area contributed by atoms with E-state index >= 15 is 0 Å². The minimum absolute atomic E-state index is 0.227. The van der Waals surface area contributed by atoms with E-state index in [1.165, 1.54) is 0 Å². The molecule has 0 aliphatic rings. The number of benzene rings is 2. The van der Waals surface area contributed by atoms with E-state index in [2.05, 4.69) is 16.4 Å². The fraction of sp³-hybridized carbons (Fsp3) is 0.182. The van der Waals surface area contributed by atoms with Crippen molar-refractivity contribution < 1.29 is 14.1 Å². The molecule has 2 aromatic carbocycles. The lowest BCUT2D eigenvalue weighted by Gasteiger charge is -2.08. The molecular weight excluding hydrogens is 411 g/mol. The van der Waals surface area contributed by atoms with Crippen LogP contribution in [0.3, 0.4) is 0 Å². The third-order valence-electron chi connectivity index (χ3n) is 4.23. The van der Waals surface area contributed by atoms with Crippen LogP contribution in [0.25, 0.3) is 11.3 Å². The number of rotatable bonds is 7. The number of aromatic nitrogens is 1. The molecule has 3 rings (SSSR count). The molecule has 1 heterocycles. The van der Waals surface area contributed by atoms with Gasteiger partial charge in [-0.05, 0) is 43.2 Å². The maximum absolute atomic E-state index is 12.8. The lowest BCUT2D eigenvalue weighted by molar-refractivity contribution is 0.0953. The van der Waals surface area contributed by atoms with Crippen molar-refractivity contribution in [1.29, 1.82) is 0 Å². The van der Waals surface area contributed by atoms with Gasteiger partial charge in [0.15, 0.2) is 0 Å². The van der Waals surface area contributed by atoms with Gasteiger partial charge >= 0.3 is 0 Å². The van der Waals surface area contributed by atoms with Crippen molar-refractivity contribution in [3.05, 3.63) is 69.4 Å². The van der Waals surface area contributed by atoms with Crippen molar-refractivity contribution >= 4 is 29.1 Å². The number of halogens is 2. The Labute approximate surface area is 178 Å². The Morgan fingerprint density at radius 3 is 2.55 bits per heavy atom. The largest absolute Gasteiger partial charge is 0.481 e. The molecule has 29 heavy (non-hydrogen) atoms. The molecular formula is C22H18Cl2N2O3. The number of amides is 1. The van der Waals surface area contributed by atoms with E-state index < -0.39 is 0 Å². The molecule has 1 aromatic heterocycles. The van der Waals surface area contributed by atoms with Crippen LogP contribution < -0.4 is 10.1 Å². The monoisotopic (exact) mass is 428 g/mol. The first-order chi connectivity index (χ1) is 14.0. The zero-order valence-electron chi connectivity index (χ0n) is 15.7. The first-order valence-corrected chi connectivity index (χ1v) is 9.61. The summed E-state index contributed by atoms with van der Waals surface area (Å²) >= 11 is 12.5. The summed E-state index contributed by atoms with van der Waals surface area (Å²) in [5, 5.41) is 7.68. The van der Waals surface area contributed by atoms with Gasteiger partial charge in [-0.1, -0.05) is 52.5 Å². The normalized spacial score (nSPS) is 10.4. The molecule has 0 saturated heterocycles. The van der Waals surface area contributed by atoms with Gasteiger partial charge in [-0.3, -0.25) is 4.79 Å². The number of terminal acetylenes is 1. The topological polar surface area (TPSA) is 64.4 Å². The Bertz CT molecular complexity index is 1030. The first-order valence-electron chi connectivity index (χ1n) is 8.85. The summed E-state index contributed by atoms with van der Waals surface area (Å²) in [6.45, 7) is 2.33. The highest BCUT2D eigenvalue weighted by molar-refractivity contribution is 6.39. The summed E-state index contributed by atoms with van der Waals surface area (Å²) in [4.78, 5) is 12.8. The SMILES string of the molecule is C#CCOc1ccc(CCNC(=O)c2c(-c3c(Cl)cccc3Cl)noc2C)cc1. The molecule has 1 amide bonds. The van der Waals surface area contributed by atoms with Gasteiger partial charge in [0.2, 0.25) is 0 Å². The molecule has 1 N–H and O–H groups in total. The van der Waals surface area contributed by atoms with Crippen molar-refractivity contribution in [1.82, 2.24) is 10.5 Å². The fourth-order valence-corrected chi connectivity index (χ4v) is 3.40. The van der Waals surface area contributed by atoms with E-state index in [1.54, 1.807) is 25.1 Å². The van der Waals surface area contributed by atoms with E-state index in [4.69, 9.17) is 38.9 Å². The molecule has 0 radical (unpaired) electrons. The van der Waals surface area contributed by atoms with Crippen LogP contribution in [0.2, 0.25) is 10.0 Å². The molecule has 148 valence electrons. The second-order valence-corrected chi connectivity index (χ2v) is 7.02. The Kier molecular flexibility index (Phi) is 6.82. The molecule has 3 aromatic rings. The Balaban J connectivity index is 1.68. The van der Waals surface area contributed by atoms with Crippen molar-refractivity contribution in [2.24, 2.45) is 0 Å². The highest BCUT2D eigenvalue weighted by Crippen LogP contribution is 2.36. The molecule has 0 saturated carbocycles. The molecule has 7 heteroatoms. The first kappa shape index (κ1) is 20.8. The molecule has 0 atom stereocenters. The second-order valence-electron chi connectivity index (χ2n) is 6.20. The predicted octanol–water partition coefficient (Wildman–Crippen LogP) is 4.94. The van der Waals surface area contributed by atoms with Gasteiger partial charge in [-0.2, -0.15) is 0 Å². The van der Waals surface area contributed by atoms with Crippen LogP contribution >= 0.6 is 23.2 Å². The van der Waals surface area contributed by atoms with Gasteiger partial charge in [0, 0.05) is 12.1 Å². The number of nitrogens with zero attached hydrogens (tertiary/aromatic N) is 1. The zero-order valence-corrected chi connectivity index (χ0v) is 17.2. The summed E-state index contributed by atoms with van der Waals surface area (Å²) < 4.78 is 10.6. The van der Waals surface area contributed by atoms with Gasteiger partial charge in [0.1, 0.15) is 29.4 Å². The van der Waals surface area contributed by atoms with Gasteiger partial charge in [-0.25, -0.2) is 0 Å². The standard InChI is InChI=1S/C22H18Cl2N2O3/c1-3-13-28-16-9-7-15(8-10-16)11-12-25-22(27)19-14(2)29-26-21(19)20-17(23)5-4-6-18(20)24/h1,4-10H,11-13H2,2H3,(H,25,27). The van der Waals surface area contributed by atoms with Crippen LogP contribution in [0.4, 0.5) is 0 Å². The third kappa shape index (κ3) is 4.92. The number of hydrogen-bond donors (Lipinski definition) is 1. The minimum Gasteiger partial charge on any atom is -0.481 e. The van der Waals surface area contributed by atoms with Crippen LogP contribution in [0, 0.1) is 19.3 Å². The Hall–Kier alpha value is -2.94. The number of carbonyl (C=O) groups is 1. The van der Waals surface area contributed by atoms with Gasteiger partial charge in [0.25, 0.3) is 5.91 Å². The molecule has 0 fully saturated rings. The Morgan fingerprint density at radius 1 is 1.21 bits per heavy atom. The van der Waals surface area contributed by atoms with Crippen LogP contribution in [0.1, 0.15) is 21.7 Å². The maximum Gasteiger partial charge on any atom is 0.257 e. The van der Waals surface area contributed by atoms with Crippen molar-refractivity contribution in [3.8, 4) is 29.4 Å². The van der Waals surface area contributed by atoms with Crippen molar-refractivity contribution in [2.45, 2.75) is 13.3 Å². The average Bonchev–Trinajstić information content (AvgIpc) is 3.08. The van der Waals surface area contributed by atoms with Crippen molar-refractivity contribution in [3.63, 3.8) is 0 Å². The summed E-state index contributed by atoms with van der Waals surface area (Å²) in [7, 11) is 0. The number of aryl methyl sites for hydroxylation is 1. The van der Waals surface area contributed by atoms with E-state index in [9.17, 15) is 4.79 Å². The van der Waals surface area contributed by atoms with Gasteiger partial charge in [-0.15, -0.1) is 6.42 Å². The van der Waals surface area contributed by atoms with Crippen LogP contribution in [0.15, 0.2) is 47.0 Å². The van der Waals surface area contributed by atoms with Crippen LogP contribution in [0.5, 0.6) is 5.75 Å². The minimum atomic E-state index is -0.302. The fourth-order valence-electron chi connectivity index (χ4n) is 2.82. The lowest BCUT2D eigenvalue weighted by Crippen LogP contribution is -2.26. The van der Waals surface area contributed by atoms with Gasteiger partial charge < -0.3 is 14.6 Å². The smallest absolute Gasteiger partial charge is 0.257 e. The summed E-state index contributed by atoms with van der Waals surface area (Å²) in [6.07, 6.45) is 5.82. The van der Waals surface area contributed by atoms with Crippen LogP contribution in [-0.4, -0.2) is 24.2 Å². The lowest BCUT2D eigenvalue weighted by atomic mass is 10.1. The number of hydrogen-bond acceptors (Lipinski definition) is 4. The molecule has 0 spiro atoms. The second kappa shape index (κ2) is 9.51. The number of nitrogens with one attached hydrogen (secondary N) is 1. The molecule has 5 nitrogen and oxygen atoms in total. The van der Waals surface area contributed by atoms with Crippen molar-refractivity contribution in [2.75, 3.05) is 13.2 Å². The average molecular weight is 429 g/mol. The third-order valence-corrected chi connectivity index (χ3v) is 4.86. The maximum atomic E-state index is 12.8. The van der Waals surface area contributed by atoms with E-state index in [1.807, 2.05) is 24.3 Å². The van der Waals surface area contributed by atoms with Crippen LogP contribution in [-0.2, 0) is 6.42 Å². The molecule has 0 aliphatic heterocycles. The quantitative estimate of drug-likeness (QED) is 0.541. The highest BCUT2D eigenvalue weighted by Gasteiger charge is 2.24. The molecule has 0 unspecified atom stereocenters. The van der Waals surface area contributed by atoms with E-state index in [-0.39, 0.29) is 12.5 Å². The number of ether oxygens (including phenoxy) is 1. The van der Waals surface area contributed by atoms with E-state index in [0.717, 1.165) is 5.56 Å². The van der Waals surface area contributed by atoms with Gasteiger partial charge in [0.05, 0.1) is 10.0 Å². The molecule has 0 bridgehead atoms. The summed E-state index contributed by atoms with van der Waals surface area (Å²) in [5.74, 6) is 3.22. The molecule has 0 aliphatic carbocycles. The highest BCUT2D eigenvalue weighted by atomic mass is 35.5. The summed E-state index contributed by atoms with van der Waals surface area (Å²) in [5.41, 5.74) is 2.17. The summed E-state index contributed by atoms with van der Waals surface area (Å²) in [6, 6.07) is 12.6. The number of carbonyl (C=O) groups excluding carboxylic acids is 1. The Morgan fingerprint density at radius 2 is 1.90 bits per heavy atom.